The van der Waals surface area contributed by atoms with E-state index in [0.717, 1.165) is 61.2 Å². The highest BCUT2D eigenvalue weighted by molar-refractivity contribution is 5.73. The van der Waals surface area contributed by atoms with Gasteiger partial charge in [0.15, 0.2) is 23.0 Å². The zero-order chi connectivity index (χ0) is 52.7. The van der Waals surface area contributed by atoms with Crippen molar-refractivity contribution in [1.29, 1.82) is 0 Å². The molecule has 406 valence electrons. The Balaban J connectivity index is 0.974. The molecule has 4 aromatic rings. The van der Waals surface area contributed by atoms with Crippen molar-refractivity contribution < 1.29 is 72.1 Å². The molecule has 74 heavy (non-hydrogen) atoms. The average Bonchev–Trinajstić information content (AvgIpc) is 3.36. The fraction of sp³-hybridized carbons (Fsp3) is 0.525. The summed E-state index contributed by atoms with van der Waals surface area (Å²) >= 11 is 0. The highest BCUT2D eigenvalue weighted by Crippen LogP contribution is 2.31. The molecule has 0 fully saturated rings. The van der Waals surface area contributed by atoms with Gasteiger partial charge in [0, 0.05) is 17.7 Å². The summed E-state index contributed by atoms with van der Waals surface area (Å²) in [5.74, 6) is 2.17. The second-order valence-electron chi connectivity index (χ2n) is 19.9. The predicted octanol–water partition coefficient (Wildman–Crippen LogP) is 9.19. The predicted molar refractivity (Wildman–Crippen MR) is 282 cm³/mol. The normalized spacial score (nSPS) is 15.0. The Morgan fingerprint density at radius 1 is 0.568 bits per heavy atom. The van der Waals surface area contributed by atoms with Gasteiger partial charge in [-0.05, 0) is 89.6 Å². The number of allylic oxidation sites excluding steroid dienone is 2. The van der Waals surface area contributed by atoms with Crippen molar-refractivity contribution in [2.45, 2.75) is 105 Å². The molecular formula is C59H82NO14+. The first-order valence-electron chi connectivity index (χ1n) is 26.1. The quantitative estimate of drug-likeness (QED) is 0.0460. The van der Waals surface area contributed by atoms with Gasteiger partial charge >= 0.3 is 11.9 Å². The summed E-state index contributed by atoms with van der Waals surface area (Å²) in [4.78, 5) is 23.4. The van der Waals surface area contributed by atoms with Crippen molar-refractivity contribution in [3.05, 3.63) is 125 Å². The first-order chi connectivity index (χ1) is 35.8. The molecule has 15 nitrogen and oxygen atoms in total. The van der Waals surface area contributed by atoms with Crippen molar-refractivity contribution in [3.63, 3.8) is 0 Å². The van der Waals surface area contributed by atoms with Crippen molar-refractivity contribution >= 4 is 11.9 Å². The van der Waals surface area contributed by atoms with Gasteiger partial charge in [0.05, 0.1) is 78.9 Å². The Hall–Kier alpha value is -5.68. The molecule has 0 spiro atoms. The van der Waals surface area contributed by atoms with Crippen molar-refractivity contribution in [1.82, 2.24) is 0 Å². The second kappa shape index (κ2) is 33.3. The van der Waals surface area contributed by atoms with Crippen LogP contribution < -0.4 is 29.0 Å². The molecule has 3 N–H and O–H groups in total. The standard InChI is InChI=1S/C59H81NO14/c1-58(2,3)50-21-23-51(49(39-50)43-60-42-46-16-18-47(19-17-46)45-74-57(63)41-59(4,5)40-56(61)62)69-25-13-9-7-6-8-12-24-68-44-48-20-22-54-55(38-48)73-37-33-67-29-28-65-31-35-71-53-15-11-10-14-52(53)70-34-30-64-26-27-66-32-36-72-54/h6-7,10-11,14-23,38-39,60H,8-9,12-13,24-37,40-45H2,1-5H3,(H,61,62)/p+1/b7-6+. The molecule has 0 saturated carbocycles. The molecular weight excluding hydrogens is 947 g/mol. The summed E-state index contributed by atoms with van der Waals surface area (Å²) in [5.41, 5.74) is 4.82. The van der Waals surface area contributed by atoms with E-state index in [1.807, 2.05) is 54.6 Å². The molecule has 4 aromatic carbocycles. The number of benzene rings is 4. The SMILES string of the molecule is CC(C)(CC(=O)O)CC(=O)OCc1ccc(C[NH2+]Cc2cc(C(C)(C)C)ccc2OCCC/C=C/CCCOCc2ccc3c(c2)OCCOCCOCCOc2ccccc2OCCOCCOCCO3)cc1. The van der Waals surface area contributed by atoms with E-state index < -0.39 is 17.4 Å². The maximum Gasteiger partial charge on any atom is 0.306 e. The summed E-state index contributed by atoms with van der Waals surface area (Å²) in [6.07, 6.45) is 8.08. The van der Waals surface area contributed by atoms with Gasteiger partial charge in [0.1, 0.15) is 51.9 Å². The molecule has 0 radical (unpaired) electrons. The van der Waals surface area contributed by atoms with Crippen LogP contribution in [0.3, 0.4) is 0 Å². The molecule has 1 aliphatic rings. The highest BCUT2D eigenvalue weighted by atomic mass is 16.6. The molecule has 0 atom stereocenters. The third-order valence-electron chi connectivity index (χ3n) is 11.8. The molecule has 1 aliphatic heterocycles. The molecule has 0 saturated heterocycles. The van der Waals surface area contributed by atoms with Crippen LogP contribution >= 0.6 is 0 Å². The van der Waals surface area contributed by atoms with Crippen LogP contribution in [-0.4, -0.2) is 110 Å². The van der Waals surface area contributed by atoms with Crippen LogP contribution in [0.15, 0.2) is 97.1 Å². The summed E-state index contributed by atoms with van der Waals surface area (Å²) < 4.78 is 64.6. The molecule has 0 amide bonds. The third-order valence-corrected chi connectivity index (χ3v) is 11.8. The zero-order valence-electron chi connectivity index (χ0n) is 44.5. The van der Waals surface area contributed by atoms with Gasteiger partial charge in [-0.2, -0.15) is 0 Å². The first kappa shape index (κ1) is 59.2. The van der Waals surface area contributed by atoms with Gasteiger partial charge < -0.3 is 62.5 Å². The van der Waals surface area contributed by atoms with Gasteiger partial charge in [0.25, 0.3) is 0 Å². The summed E-state index contributed by atoms with van der Waals surface area (Å²) in [6, 6.07) is 28.0. The van der Waals surface area contributed by atoms with Gasteiger partial charge in [-0.3, -0.25) is 9.59 Å². The first-order valence-corrected chi connectivity index (χ1v) is 26.1. The van der Waals surface area contributed by atoms with Crippen LogP contribution in [-0.2, 0) is 69.7 Å². The molecule has 0 bridgehead atoms. The van der Waals surface area contributed by atoms with Crippen molar-refractivity contribution in [2.75, 3.05) is 92.5 Å². The fourth-order valence-electron chi connectivity index (χ4n) is 7.75. The van der Waals surface area contributed by atoms with Crippen LogP contribution in [0.2, 0.25) is 0 Å². The van der Waals surface area contributed by atoms with Crippen molar-refractivity contribution in [2.24, 2.45) is 5.41 Å². The smallest absolute Gasteiger partial charge is 0.306 e. The number of hydrogen-bond donors (Lipinski definition) is 2. The van der Waals surface area contributed by atoms with E-state index in [1.165, 1.54) is 11.1 Å². The van der Waals surface area contributed by atoms with E-state index in [0.29, 0.717) is 122 Å². The monoisotopic (exact) mass is 1030 g/mol. The van der Waals surface area contributed by atoms with E-state index in [-0.39, 0.29) is 24.9 Å². The number of quaternary nitrogens is 1. The lowest BCUT2D eigenvalue weighted by Crippen LogP contribution is -2.80. The number of esters is 1. The van der Waals surface area contributed by atoms with Crippen LogP contribution in [0.1, 0.15) is 101 Å². The lowest BCUT2D eigenvalue weighted by molar-refractivity contribution is -0.686. The minimum absolute atomic E-state index is 0.0140. The largest absolute Gasteiger partial charge is 0.493 e. The minimum atomic E-state index is -0.929. The number of rotatable bonds is 21. The summed E-state index contributed by atoms with van der Waals surface area (Å²) in [7, 11) is 0. The Morgan fingerprint density at radius 2 is 1.09 bits per heavy atom. The molecule has 0 unspecified atom stereocenters. The Kier molecular flexibility index (Phi) is 26.6. The number of hydrogen-bond acceptors (Lipinski definition) is 13. The fourth-order valence-corrected chi connectivity index (χ4v) is 7.75. The van der Waals surface area contributed by atoms with Gasteiger partial charge in [-0.25, -0.2) is 0 Å². The van der Waals surface area contributed by atoms with Gasteiger partial charge in [0.2, 0.25) is 0 Å². The van der Waals surface area contributed by atoms with E-state index in [2.05, 4.69) is 68.6 Å². The molecule has 0 aromatic heterocycles. The second-order valence-corrected chi connectivity index (χ2v) is 19.9. The summed E-state index contributed by atoms with van der Waals surface area (Å²) in [5, 5.41) is 11.4. The Labute approximate surface area is 439 Å². The Morgan fingerprint density at radius 3 is 1.68 bits per heavy atom. The molecule has 15 heteroatoms. The van der Waals surface area contributed by atoms with Gasteiger partial charge in [-0.1, -0.05) is 95.3 Å². The zero-order valence-corrected chi connectivity index (χ0v) is 44.5. The number of carbonyl (C=O) groups excluding carboxylic acids is 1. The number of fused-ring (bicyclic) bond motifs is 2. The van der Waals surface area contributed by atoms with E-state index in [4.69, 9.17) is 57.2 Å². The Bertz CT molecular complexity index is 2260. The topological polar surface area (TPSA) is 173 Å². The summed E-state index contributed by atoms with van der Waals surface area (Å²) in [6.45, 7) is 18.5. The number of nitrogens with two attached hydrogens (primary N) is 1. The molecule has 0 aliphatic carbocycles. The number of carboxylic acid groups (broad SMARTS) is 1. The maximum absolute atomic E-state index is 12.3. The minimum Gasteiger partial charge on any atom is -0.493 e. The highest BCUT2D eigenvalue weighted by Gasteiger charge is 2.26. The number of ether oxygens (including phenoxy) is 11. The number of unbranched alkanes of at least 4 members (excludes halogenated alkanes) is 2. The van der Waals surface area contributed by atoms with Crippen LogP contribution in [0.5, 0.6) is 28.7 Å². The van der Waals surface area contributed by atoms with Gasteiger partial charge in [-0.15, -0.1) is 0 Å². The van der Waals surface area contributed by atoms with E-state index in [9.17, 15) is 9.59 Å². The number of para-hydroxylation sites is 2. The van der Waals surface area contributed by atoms with E-state index >= 15 is 0 Å². The molecule has 1 heterocycles. The van der Waals surface area contributed by atoms with Crippen LogP contribution in [0.25, 0.3) is 0 Å². The van der Waals surface area contributed by atoms with E-state index in [1.54, 1.807) is 13.8 Å². The average molecular weight is 1030 g/mol. The van der Waals surface area contributed by atoms with Crippen LogP contribution in [0.4, 0.5) is 0 Å². The lowest BCUT2D eigenvalue weighted by atomic mass is 9.86. The number of carbonyl (C=O) groups is 2. The molecule has 5 rings (SSSR count). The number of carboxylic acids is 1. The van der Waals surface area contributed by atoms with Crippen molar-refractivity contribution in [3.8, 4) is 28.7 Å². The number of aliphatic carboxylic acids is 1. The lowest BCUT2D eigenvalue weighted by Gasteiger charge is -2.21. The third kappa shape index (κ3) is 24.1. The maximum atomic E-state index is 12.3. The van der Waals surface area contributed by atoms with Crippen LogP contribution in [0, 0.1) is 5.41 Å².